The molecule has 0 aliphatic rings. The molecule has 0 saturated heterocycles. The molecular formula is C10H19NO4. The lowest BCUT2D eigenvalue weighted by molar-refractivity contribution is -0.155. The van der Waals surface area contributed by atoms with E-state index in [-0.39, 0.29) is 18.8 Å². The van der Waals surface area contributed by atoms with Gasteiger partial charge in [0.2, 0.25) is 0 Å². The molecule has 0 heterocycles. The molecule has 0 spiro atoms. The molecule has 0 amide bonds. The number of carbonyl (C=O) groups is 2. The fourth-order valence-electron chi connectivity index (χ4n) is 1.05. The summed E-state index contributed by atoms with van der Waals surface area (Å²) < 4.78 is 5.05. The van der Waals surface area contributed by atoms with Gasteiger partial charge < -0.3 is 15.2 Å². The third-order valence-electron chi connectivity index (χ3n) is 1.70. The van der Waals surface area contributed by atoms with Crippen LogP contribution < -0.4 is 5.32 Å². The maximum Gasteiger partial charge on any atom is 0.320 e. The molecule has 0 fully saturated rings. The summed E-state index contributed by atoms with van der Waals surface area (Å²) in [6.07, 6.45) is 0.343. The van der Waals surface area contributed by atoms with Crippen LogP contribution in [0.4, 0.5) is 0 Å². The lowest BCUT2D eigenvalue weighted by Crippen LogP contribution is -2.35. The van der Waals surface area contributed by atoms with Crippen molar-refractivity contribution in [3.63, 3.8) is 0 Å². The number of carboxylic acid groups (broad SMARTS) is 1. The SMILES string of the molecule is CN[C@H](CCC(=O)OC(C)(C)C)C(=O)O. The molecule has 5 nitrogen and oxygen atoms in total. The van der Waals surface area contributed by atoms with Gasteiger partial charge in [-0.1, -0.05) is 0 Å². The van der Waals surface area contributed by atoms with E-state index in [2.05, 4.69) is 5.32 Å². The summed E-state index contributed by atoms with van der Waals surface area (Å²) in [5.41, 5.74) is -0.518. The van der Waals surface area contributed by atoms with Gasteiger partial charge in [0.15, 0.2) is 0 Å². The number of esters is 1. The van der Waals surface area contributed by atoms with Crippen molar-refractivity contribution >= 4 is 11.9 Å². The van der Waals surface area contributed by atoms with Crippen LogP contribution >= 0.6 is 0 Å². The van der Waals surface area contributed by atoms with Crippen molar-refractivity contribution in [2.45, 2.75) is 45.3 Å². The van der Waals surface area contributed by atoms with Gasteiger partial charge in [0.25, 0.3) is 0 Å². The van der Waals surface area contributed by atoms with E-state index in [1.807, 2.05) is 0 Å². The highest BCUT2D eigenvalue weighted by Gasteiger charge is 2.20. The molecule has 0 rings (SSSR count). The third kappa shape index (κ3) is 6.90. The second-order valence-electron chi connectivity index (χ2n) is 4.30. The number of carbonyl (C=O) groups excluding carboxylic acids is 1. The molecule has 0 saturated carbocycles. The first-order chi connectivity index (χ1) is 6.76. The number of hydrogen-bond acceptors (Lipinski definition) is 4. The molecule has 0 bridgehead atoms. The van der Waals surface area contributed by atoms with E-state index in [1.165, 1.54) is 0 Å². The standard InChI is InChI=1S/C10H19NO4/c1-10(2,3)15-8(12)6-5-7(11-4)9(13)14/h7,11H,5-6H2,1-4H3,(H,13,14)/t7-/m1/s1. The number of ether oxygens (including phenoxy) is 1. The van der Waals surface area contributed by atoms with Crippen molar-refractivity contribution < 1.29 is 19.4 Å². The lowest BCUT2D eigenvalue weighted by Gasteiger charge is -2.20. The quantitative estimate of drug-likeness (QED) is 0.665. The Bertz CT molecular complexity index is 232. The Hall–Kier alpha value is -1.10. The Morgan fingerprint density at radius 2 is 1.93 bits per heavy atom. The molecule has 1 atom stereocenters. The molecule has 5 heteroatoms. The van der Waals surface area contributed by atoms with Gasteiger partial charge in [0.1, 0.15) is 11.6 Å². The van der Waals surface area contributed by atoms with Gasteiger partial charge >= 0.3 is 11.9 Å². The smallest absolute Gasteiger partial charge is 0.320 e. The maximum atomic E-state index is 11.3. The fraction of sp³-hybridized carbons (Fsp3) is 0.800. The van der Waals surface area contributed by atoms with E-state index in [4.69, 9.17) is 9.84 Å². The van der Waals surface area contributed by atoms with E-state index in [0.29, 0.717) is 0 Å². The highest BCUT2D eigenvalue weighted by molar-refractivity contribution is 5.75. The van der Waals surface area contributed by atoms with E-state index in [9.17, 15) is 9.59 Å². The summed E-state index contributed by atoms with van der Waals surface area (Å²) in [4.78, 5) is 21.9. The fourth-order valence-corrected chi connectivity index (χ4v) is 1.05. The van der Waals surface area contributed by atoms with Crippen LogP contribution in [0.25, 0.3) is 0 Å². The minimum absolute atomic E-state index is 0.106. The van der Waals surface area contributed by atoms with Crippen LogP contribution in [-0.4, -0.2) is 35.7 Å². The first kappa shape index (κ1) is 13.9. The molecule has 2 N–H and O–H groups in total. The normalized spacial score (nSPS) is 13.3. The number of nitrogens with one attached hydrogen (secondary N) is 1. The Labute approximate surface area is 89.8 Å². The van der Waals surface area contributed by atoms with E-state index < -0.39 is 17.6 Å². The monoisotopic (exact) mass is 217 g/mol. The number of carboxylic acids is 1. The van der Waals surface area contributed by atoms with Gasteiger partial charge in [-0.3, -0.25) is 9.59 Å². The molecule has 0 aromatic heterocycles. The summed E-state index contributed by atoms with van der Waals surface area (Å²) in [5.74, 6) is -1.33. The second-order valence-corrected chi connectivity index (χ2v) is 4.30. The van der Waals surface area contributed by atoms with Crippen LogP contribution in [0.15, 0.2) is 0 Å². The topological polar surface area (TPSA) is 75.6 Å². The summed E-state index contributed by atoms with van der Waals surface area (Å²) in [6.45, 7) is 5.33. The molecule has 0 unspecified atom stereocenters. The first-order valence-corrected chi connectivity index (χ1v) is 4.88. The summed E-state index contributed by atoms with van der Waals surface area (Å²) in [6, 6.07) is -0.697. The van der Waals surface area contributed by atoms with Crippen LogP contribution in [-0.2, 0) is 14.3 Å². The molecule has 0 aromatic carbocycles. The average Bonchev–Trinajstić information content (AvgIpc) is 2.01. The largest absolute Gasteiger partial charge is 0.480 e. The van der Waals surface area contributed by atoms with Crippen molar-refractivity contribution in [1.82, 2.24) is 5.32 Å². The van der Waals surface area contributed by atoms with Crippen LogP contribution in [0.3, 0.4) is 0 Å². The van der Waals surface area contributed by atoms with E-state index in [1.54, 1.807) is 27.8 Å². The van der Waals surface area contributed by atoms with E-state index in [0.717, 1.165) is 0 Å². The molecular weight excluding hydrogens is 198 g/mol. The van der Waals surface area contributed by atoms with Crippen LogP contribution in [0.1, 0.15) is 33.6 Å². The van der Waals surface area contributed by atoms with E-state index >= 15 is 0 Å². The number of likely N-dealkylation sites (N-methyl/N-ethyl adjacent to an activating group) is 1. The first-order valence-electron chi connectivity index (χ1n) is 4.88. The lowest BCUT2D eigenvalue weighted by atomic mass is 10.1. The molecule has 0 aliphatic heterocycles. The van der Waals surface area contributed by atoms with Crippen LogP contribution in [0.5, 0.6) is 0 Å². The molecule has 88 valence electrons. The van der Waals surface area contributed by atoms with Gasteiger partial charge in [-0.2, -0.15) is 0 Å². The second kappa shape index (κ2) is 5.70. The van der Waals surface area contributed by atoms with Crippen LogP contribution in [0.2, 0.25) is 0 Å². The average molecular weight is 217 g/mol. The van der Waals surface area contributed by atoms with Crippen molar-refractivity contribution in [2.75, 3.05) is 7.05 Å². The summed E-state index contributed by atoms with van der Waals surface area (Å²) in [7, 11) is 1.55. The number of rotatable bonds is 5. The van der Waals surface area contributed by atoms with Crippen molar-refractivity contribution in [3.05, 3.63) is 0 Å². The zero-order valence-corrected chi connectivity index (χ0v) is 9.66. The molecule has 0 radical (unpaired) electrons. The third-order valence-corrected chi connectivity index (χ3v) is 1.70. The molecule has 0 aliphatic carbocycles. The van der Waals surface area contributed by atoms with Gasteiger partial charge in [-0.15, -0.1) is 0 Å². The predicted octanol–water partition coefficient (Wildman–Crippen LogP) is 0.781. The highest BCUT2D eigenvalue weighted by Crippen LogP contribution is 2.09. The van der Waals surface area contributed by atoms with Crippen molar-refractivity contribution in [1.29, 1.82) is 0 Å². The predicted molar refractivity (Wildman–Crippen MR) is 55.6 cm³/mol. The number of aliphatic carboxylic acids is 1. The van der Waals surface area contributed by atoms with Crippen LogP contribution in [0, 0.1) is 0 Å². The van der Waals surface area contributed by atoms with Gasteiger partial charge in [-0.05, 0) is 34.2 Å². The Morgan fingerprint density at radius 3 is 2.27 bits per heavy atom. The van der Waals surface area contributed by atoms with Crippen molar-refractivity contribution in [3.8, 4) is 0 Å². The van der Waals surface area contributed by atoms with Gasteiger partial charge in [0.05, 0.1) is 0 Å². The number of hydrogen-bond donors (Lipinski definition) is 2. The highest BCUT2D eigenvalue weighted by atomic mass is 16.6. The Balaban J connectivity index is 3.94. The molecule has 0 aromatic rings. The maximum absolute atomic E-state index is 11.3. The zero-order chi connectivity index (χ0) is 12.1. The Morgan fingerprint density at radius 1 is 1.40 bits per heavy atom. The van der Waals surface area contributed by atoms with Gasteiger partial charge in [-0.25, -0.2) is 0 Å². The molecule has 15 heavy (non-hydrogen) atoms. The zero-order valence-electron chi connectivity index (χ0n) is 9.66. The Kier molecular flexibility index (Phi) is 5.28. The minimum Gasteiger partial charge on any atom is -0.480 e. The van der Waals surface area contributed by atoms with Gasteiger partial charge in [0, 0.05) is 6.42 Å². The summed E-state index contributed by atoms with van der Waals surface area (Å²) >= 11 is 0. The summed E-state index contributed by atoms with van der Waals surface area (Å²) in [5, 5.41) is 11.3. The van der Waals surface area contributed by atoms with Crippen molar-refractivity contribution in [2.24, 2.45) is 0 Å². The minimum atomic E-state index is -0.957.